The molecule has 0 radical (unpaired) electrons. The van der Waals surface area contributed by atoms with Gasteiger partial charge in [-0.15, -0.1) is 0 Å². The number of fused-ring (bicyclic) bond motifs is 1. The molecule has 0 N–H and O–H groups in total. The van der Waals surface area contributed by atoms with Gasteiger partial charge < -0.3 is 4.57 Å². The Labute approximate surface area is 87.0 Å². The van der Waals surface area contributed by atoms with Gasteiger partial charge >= 0.3 is 0 Å². The van der Waals surface area contributed by atoms with E-state index in [1.54, 1.807) is 10.8 Å². The van der Waals surface area contributed by atoms with Gasteiger partial charge in [-0.25, -0.2) is 4.98 Å². The Morgan fingerprint density at radius 2 is 2.20 bits per heavy atom. The van der Waals surface area contributed by atoms with Crippen LogP contribution in [-0.4, -0.2) is 9.55 Å². The van der Waals surface area contributed by atoms with E-state index in [0.29, 0.717) is 6.42 Å². The van der Waals surface area contributed by atoms with E-state index in [9.17, 15) is 0 Å². The van der Waals surface area contributed by atoms with Gasteiger partial charge in [-0.2, -0.15) is 10.5 Å². The number of nitrogens with zero attached hydrogens (tertiary/aromatic N) is 4. The highest BCUT2D eigenvalue weighted by atomic mass is 15.0. The maximum absolute atomic E-state index is 8.67. The molecular weight excluding hydrogens is 188 g/mol. The lowest BCUT2D eigenvalue weighted by Gasteiger charge is -1.95. The first-order chi connectivity index (χ1) is 7.36. The average molecular weight is 196 g/mol. The standard InChI is InChI=1S/C11H8N4/c12-4-3-9-8-15(7-5-13)11-10(9)2-1-6-14-11/h1-2,6,8H,3,7H2. The molecular formula is C11H8N4. The second-order valence-electron chi connectivity index (χ2n) is 3.15. The van der Waals surface area contributed by atoms with Gasteiger partial charge in [-0.1, -0.05) is 0 Å². The quantitative estimate of drug-likeness (QED) is 0.733. The van der Waals surface area contributed by atoms with Crippen LogP contribution in [0.15, 0.2) is 24.5 Å². The predicted octanol–water partition coefficient (Wildman–Crippen LogP) is 1.63. The van der Waals surface area contributed by atoms with Crippen LogP contribution < -0.4 is 0 Å². The fourth-order valence-electron chi connectivity index (χ4n) is 1.62. The molecule has 0 bridgehead atoms. The van der Waals surface area contributed by atoms with Gasteiger partial charge in [0.15, 0.2) is 0 Å². The molecule has 15 heavy (non-hydrogen) atoms. The molecule has 0 spiro atoms. The zero-order chi connectivity index (χ0) is 10.7. The summed E-state index contributed by atoms with van der Waals surface area (Å²) in [4.78, 5) is 4.21. The fourth-order valence-corrected chi connectivity index (χ4v) is 1.62. The molecule has 0 aliphatic carbocycles. The summed E-state index contributed by atoms with van der Waals surface area (Å²) >= 11 is 0. The first-order valence-corrected chi connectivity index (χ1v) is 4.53. The number of nitriles is 2. The molecule has 0 atom stereocenters. The first kappa shape index (κ1) is 9.23. The van der Waals surface area contributed by atoms with Gasteiger partial charge in [0.25, 0.3) is 0 Å². The van der Waals surface area contributed by atoms with Crippen LogP contribution in [-0.2, 0) is 13.0 Å². The van der Waals surface area contributed by atoms with Gasteiger partial charge in [-0.3, -0.25) is 0 Å². The summed E-state index contributed by atoms with van der Waals surface area (Å²) in [6.07, 6.45) is 3.86. The molecule has 0 amide bonds. The molecule has 4 heteroatoms. The van der Waals surface area contributed by atoms with Crippen LogP contribution in [0.25, 0.3) is 11.0 Å². The normalized spacial score (nSPS) is 9.73. The average Bonchev–Trinajstić information content (AvgIpc) is 2.59. The second kappa shape index (κ2) is 3.81. The van der Waals surface area contributed by atoms with Crippen LogP contribution in [0.3, 0.4) is 0 Å². The molecule has 0 aliphatic rings. The molecule has 2 aromatic rings. The van der Waals surface area contributed by atoms with E-state index in [1.807, 2.05) is 18.3 Å². The zero-order valence-corrected chi connectivity index (χ0v) is 8.01. The SMILES string of the molecule is N#CCc1cn(CC#N)c2ncccc12. The van der Waals surface area contributed by atoms with Crippen molar-refractivity contribution in [2.45, 2.75) is 13.0 Å². The van der Waals surface area contributed by atoms with Gasteiger partial charge in [0, 0.05) is 17.8 Å². The summed E-state index contributed by atoms with van der Waals surface area (Å²) in [5.74, 6) is 0. The maximum atomic E-state index is 8.67. The van der Waals surface area contributed by atoms with Crippen molar-refractivity contribution >= 4 is 11.0 Å². The summed E-state index contributed by atoms with van der Waals surface area (Å²) in [5.41, 5.74) is 1.69. The third-order valence-electron chi connectivity index (χ3n) is 2.23. The lowest BCUT2D eigenvalue weighted by molar-refractivity contribution is 0.856. The van der Waals surface area contributed by atoms with Crippen LogP contribution in [0.2, 0.25) is 0 Å². The second-order valence-corrected chi connectivity index (χ2v) is 3.15. The van der Waals surface area contributed by atoms with Crippen molar-refractivity contribution in [2.24, 2.45) is 0 Å². The van der Waals surface area contributed by atoms with Crippen LogP contribution >= 0.6 is 0 Å². The van der Waals surface area contributed by atoms with E-state index >= 15 is 0 Å². The van der Waals surface area contributed by atoms with E-state index in [0.717, 1.165) is 16.6 Å². The number of aromatic nitrogens is 2. The van der Waals surface area contributed by atoms with Crippen molar-refractivity contribution < 1.29 is 0 Å². The topological polar surface area (TPSA) is 65.4 Å². The number of rotatable bonds is 2. The Bertz CT molecular complexity index is 518. The monoisotopic (exact) mass is 196 g/mol. The molecule has 2 rings (SSSR count). The lowest BCUT2D eigenvalue weighted by atomic mass is 10.2. The smallest absolute Gasteiger partial charge is 0.141 e. The summed E-state index contributed by atoms with van der Waals surface area (Å²) in [5, 5.41) is 18.3. The molecule has 0 unspecified atom stereocenters. The molecule has 72 valence electrons. The van der Waals surface area contributed by atoms with Crippen molar-refractivity contribution in [3.63, 3.8) is 0 Å². The summed E-state index contributed by atoms with van der Waals surface area (Å²) < 4.78 is 1.77. The Balaban J connectivity index is 2.64. The highest BCUT2D eigenvalue weighted by Gasteiger charge is 2.07. The van der Waals surface area contributed by atoms with Gasteiger partial charge in [-0.05, 0) is 17.7 Å². The summed E-state index contributed by atoms with van der Waals surface area (Å²) in [7, 11) is 0. The first-order valence-electron chi connectivity index (χ1n) is 4.53. The molecule has 0 saturated carbocycles. The maximum Gasteiger partial charge on any atom is 0.141 e. The van der Waals surface area contributed by atoms with Crippen molar-refractivity contribution in [2.75, 3.05) is 0 Å². The largest absolute Gasteiger partial charge is 0.318 e. The highest BCUT2D eigenvalue weighted by molar-refractivity contribution is 5.80. The minimum Gasteiger partial charge on any atom is -0.318 e. The zero-order valence-electron chi connectivity index (χ0n) is 8.01. The molecule has 2 heterocycles. The van der Waals surface area contributed by atoms with Gasteiger partial charge in [0.1, 0.15) is 12.2 Å². The van der Waals surface area contributed by atoms with E-state index in [-0.39, 0.29) is 6.54 Å². The van der Waals surface area contributed by atoms with Crippen molar-refractivity contribution in [3.8, 4) is 12.1 Å². The number of hydrogen-bond donors (Lipinski definition) is 0. The van der Waals surface area contributed by atoms with Crippen molar-refractivity contribution in [1.82, 2.24) is 9.55 Å². The van der Waals surface area contributed by atoms with Crippen LogP contribution in [0.4, 0.5) is 0 Å². The summed E-state index contributed by atoms with van der Waals surface area (Å²) in [6, 6.07) is 7.93. The minimum absolute atomic E-state index is 0.263. The third kappa shape index (κ3) is 1.53. The van der Waals surface area contributed by atoms with E-state index in [2.05, 4.69) is 17.1 Å². The Morgan fingerprint density at radius 3 is 2.93 bits per heavy atom. The third-order valence-corrected chi connectivity index (χ3v) is 2.23. The van der Waals surface area contributed by atoms with Gasteiger partial charge in [0.05, 0.1) is 18.6 Å². The van der Waals surface area contributed by atoms with Crippen LogP contribution in [0.1, 0.15) is 5.56 Å². The Kier molecular flexibility index (Phi) is 2.35. The predicted molar refractivity (Wildman–Crippen MR) is 54.7 cm³/mol. The van der Waals surface area contributed by atoms with E-state index in [1.165, 1.54) is 0 Å². The highest BCUT2D eigenvalue weighted by Crippen LogP contribution is 2.19. The number of pyridine rings is 1. The molecule has 0 fully saturated rings. The molecule has 0 saturated heterocycles. The van der Waals surface area contributed by atoms with Crippen LogP contribution in [0.5, 0.6) is 0 Å². The lowest BCUT2D eigenvalue weighted by Crippen LogP contribution is -1.93. The van der Waals surface area contributed by atoms with Crippen molar-refractivity contribution in [3.05, 3.63) is 30.1 Å². The molecule has 0 aromatic carbocycles. The van der Waals surface area contributed by atoms with E-state index < -0.39 is 0 Å². The number of hydrogen-bond acceptors (Lipinski definition) is 3. The minimum atomic E-state index is 0.263. The van der Waals surface area contributed by atoms with Crippen LogP contribution in [0, 0.1) is 22.7 Å². The Morgan fingerprint density at radius 1 is 1.33 bits per heavy atom. The summed E-state index contributed by atoms with van der Waals surface area (Å²) in [6.45, 7) is 0.263. The molecule has 4 nitrogen and oxygen atoms in total. The fraction of sp³-hybridized carbons (Fsp3) is 0.182. The van der Waals surface area contributed by atoms with Crippen molar-refractivity contribution in [1.29, 1.82) is 10.5 Å². The molecule has 0 aliphatic heterocycles. The Hall–Kier alpha value is -2.33. The van der Waals surface area contributed by atoms with E-state index in [4.69, 9.17) is 10.5 Å². The van der Waals surface area contributed by atoms with Gasteiger partial charge in [0.2, 0.25) is 0 Å². The molecule has 2 aromatic heterocycles.